The molecule has 0 bridgehead atoms. The van der Waals surface area contributed by atoms with E-state index in [-0.39, 0.29) is 17.9 Å². The first-order valence-corrected chi connectivity index (χ1v) is 8.03. The summed E-state index contributed by atoms with van der Waals surface area (Å²) in [5.41, 5.74) is 0.629. The number of hydrogen-bond acceptors (Lipinski definition) is 4. The predicted octanol–water partition coefficient (Wildman–Crippen LogP) is 4.07. The number of amides is 1. The van der Waals surface area contributed by atoms with Gasteiger partial charge in [-0.15, -0.1) is 0 Å². The molecule has 0 heterocycles. The molecule has 2 aromatic carbocycles. The van der Waals surface area contributed by atoms with Crippen LogP contribution in [0, 0.1) is 0 Å². The fourth-order valence-electron chi connectivity index (χ4n) is 1.92. The third-order valence-electron chi connectivity index (χ3n) is 3.12. The van der Waals surface area contributed by atoms with Gasteiger partial charge in [0.2, 0.25) is 0 Å². The Hall–Kier alpha value is -2.38. The molecule has 0 atom stereocenters. The molecule has 0 spiro atoms. The number of alkyl halides is 2. The molecule has 0 saturated heterocycles. The van der Waals surface area contributed by atoms with Crippen LogP contribution in [-0.2, 0) is 16.1 Å². The van der Waals surface area contributed by atoms with Crippen molar-refractivity contribution in [3.05, 3.63) is 63.6 Å². The largest absolute Gasteiger partial charge is 0.452 e. The van der Waals surface area contributed by atoms with E-state index in [1.54, 1.807) is 18.2 Å². The van der Waals surface area contributed by atoms with Gasteiger partial charge in [-0.2, -0.15) is 8.78 Å². The molecule has 0 unspecified atom stereocenters. The molecular weight excluding hydrogens is 391 g/mol. The van der Waals surface area contributed by atoms with E-state index in [0.29, 0.717) is 15.6 Å². The summed E-state index contributed by atoms with van der Waals surface area (Å²) < 4.78 is 33.4. The van der Waals surface area contributed by atoms with Gasteiger partial charge in [0.25, 0.3) is 5.91 Å². The van der Waals surface area contributed by atoms with Crippen LogP contribution in [0.5, 0.6) is 5.75 Å². The van der Waals surface area contributed by atoms with E-state index in [4.69, 9.17) is 27.9 Å². The Morgan fingerprint density at radius 2 is 1.88 bits per heavy atom. The van der Waals surface area contributed by atoms with Crippen LogP contribution in [0.4, 0.5) is 8.78 Å². The normalized spacial score (nSPS) is 10.5. The maximum atomic E-state index is 12.2. The average molecular weight is 404 g/mol. The molecule has 138 valence electrons. The Kier molecular flexibility index (Phi) is 7.17. The SMILES string of the molecule is O=C(COC(=O)c1cccc(OC(F)F)c1)NCc1ccc(Cl)cc1Cl. The summed E-state index contributed by atoms with van der Waals surface area (Å²) in [5.74, 6) is -1.58. The first kappa shape index (κ1) is 19.9. The fourth-order valence-corrected chi connectivity index (χ4v) is 2.40. The number of esters is 1. The lowest BCUT2D eigenvalue weighted by atomic mass is 10.2. The summed E-state index contributed by atoms with van der Waals surface area (Å²) in [5, 5.41) is 3.40. The van der Waals surface area contributed by atoms with Gasteiger partial charge >= 0.3 is 12.6 Å². The van der Waals surface area contributed by atoms with Gasteiger partial charge in [-0.25, -0.2) is 4.79 Å². The Labute approximate surface area is 157 Å². The predicted molar refractivity (Wildman–Crippen MR) is 91.7 cm³/mol. The molecule has 0 fully saturated rings. The minimum atomic E-state index is -3.01. The van der Waals surface area contributed by atoms with E-state index in [1.807, 2.05) is 0 Å². The molecule has 0 aromatic heterocycles. The molecular formula is C17H13Cl2F2NO4. The minimum Gasteiger partial charge on any atom is -0.452 e. The zero-order valence-corrected chi connectivity index (χ0v) is 14.7. The van der Waals surface area contributed by atoms with Crippen LogP contribution < -0.4 is 10.1 Å². The van der Waals surface area contributed by atoms with Crippen molar-refractivity contribution < 1.29 is 27.8 Å². The maximum Gasteiger partial charge on any atom is 0.387 e. The highest BCUT2D eigenvalue weighted by Gasteiger charge is 2.13. The van der Waals surface area contributed by atoms with E-state index in [9.17, 15) is 18.4 Å². The first-order valence-electron chi connectivity index (χ1n) is 7.28. The lowest BCUT2D eigenvalue weighted by molar-refractivity contribution is -0.124. The van der Waals surface area contributed by atoms with Crippen molar-refractivity contribution in [2.24, 2.45) is 0 Å². The van der Waals surface area contributed by atoms with E-state index in [1.165, 1.54) is 18.2 Å². The number of halogens is 4. The highest BCUT2D eigenvalue weighted by atomic mass is 35.5. The number of nitrogens with one attached hydrogen (secondary N) is 1. The zero-order valence-electron chi connectivity index (χ0n) is 13.2. The third-order valence-corrected chi connectivity index (χ3v) is 3.71. The second-order valence-electron chi connectivity index (χ2n) is 4.99. The first-order chi connectivity index (χ1) is 12.3. The van der Waals surface area contributed by atoms with E-state index in [2.05, 4.69) is 10.1 Å². The third kappa shape index (κ3) is 6.16. The van der Waals surface area contributed by atoms with Crippen molar-refractivity contribution in [2.45, 2.75) is 13.2 Å². The molecule has 26 heavy (non-hydrogen) atoms. The molecule has 1 amide bonds. The van der Waals surface area contributed by atoms with Crippen LogP contribution in [0.2, 0.25) is 10.0 Å². The molecule has 0 radical (unpaired) electrons. The Morgan fingerprint density at radius 1 is 1.12 bits per heavy atom. The topological polar surface area (TPSA) is 64.6 Å². The van der Waals surface area contributed by atoms with E-state index < -0.39 is 25.1 Å². The summed E-state index contributed by atoms with van der Waals surface area (Å²) >= 11 is 11.8. The van der Waals surface area contributed by atoms with Crippen molar-refractivity contribution >= 4 is 35.1 Å². The number of carbonyl (C=O) groups is 2. The lowest BCUT2D eigenvalue weighted by Gasteiger charge is -2.09. The molecule has 0 aliphatic heterocycles. The van der Waals surface area contributed by atoms with Crippen molar-refractivity contribution in [3.63, 3.8) is 0 Å². The van der Waals surface area contributed by atoms with Gasteiger partial charge in [-0.1, -0.05) is 35.3 Å². The molecule has 1 N–H and O–H groups in total. The second kappa shape index (κ2) is 9.35. The van der Waals surface area contributed by atoms with Gasteiger partial charge in [0, 0.05) is 16.6 Å². The van der Waals surface area contributed by atoms with Crippen LogP contribution in [0.1, 0.15) is 15.9 Å². The van der Waals surface area contributed by atoms with Crippen LogP contribution >= 0.6 is 23.2 Å². The number of hydrogen-bond donors (Lipinski definition) is 1. The van der Waals surface area contributed by atoms with Crippen molar-refractivity contribution in [3.8, 4) is 5.75 Å². The van der Waals surface area contributed by atoms with Gasteiger partial charge in [0.1, 0.15) is 5.75 Å². The lowest BCUT2D eigenvalue weighted by Crippen LogP contribution is -2.28. The van der Waals surface area contributed by atoms with Crippen LogP contribution in [-0.4, -0.2) is 25.1 Å². The number of carbonyl (C=O) groups excluding carboxylic acids is 2. The van der Waals surface area contributed by atoms with Crippen LogP contribution in [0.3, 0.4) is 0 Å². The Bertz CT molecular complexity index is 802. The molecule has 0 aliphatic rings. The minimum absolute atomic E-state index is 0.0169. The molecule has 2 aromatic rings. The van der Waals surface area contributed by atoms with Gasteiger partial charge in [0.15, 0.2) is 6.61 Å². The Morgan fingerprint density at radius 3 is 2.58 bits per heavy atom. The van der Waals surface area contributed by atoms with Gasteiger partial charge < -0.3 is 14.8 Å². The average Bonchev–Trinajstić information content (AvgIpc) is 2.58. The highest BCUT2D eigenvalue weighted by Crippen LogP contribution is 2.20. The smallest absolute Gasteiger partial charge is 0.387 e. The monoisotopic (exact) mass is 403 g/mol. The second-order valence-corrected chi connectivity index (χ2v) is 5.84. The van der Waals surface area contributed by atoms with Gasteiger partial charge in [-0.3, -0.25) is 4.79 Å². The summed E-state index contributed by atoms with van der Waals surface area (Å²) in [6.07, 6.45) is 0. The Balaban J connectivity index is 1.84. The van der Waals surface area contributed by atoms with Crippen molar-refractivity contribution in [1.82, 2.24) is 5.32 Å². The molecule has 2 rings (SSSR count). The summed E-state index contributed by atoms with van der Waals surface area (Å²) in [4.78, 5) is 23.6. The number of benzene rings is 2. The standard InChI is InChI=1S/C17H13Cl2F2NO4/c18-12-5-4-11(14(19)7-12)8-22-15(23)9-25-16(24)10-2-1-3-13(6-10)26-17(20)21/h1-7,17H,8-9H2,(H,22,23). The zero-order chi connectivity index (χ0) is 19.1. The maximum absolute atomic E-state index is 12.2. The van der Waals surface area contributed by atoms with Crippen molar-refractivity contribution in [1.29, 1.82) is 0 Å². The number of ether oxygens (including phenoxy) is 2. The quantitative estimate of drug-likeness (QED) is 0.707. The number of rotatable bonds is 7. The van der Waals surface area contributed by atoms with Gasteiger partial charge in [0.05, 0.1) is 5.56 Å². The van der Waals surface area contributed by atoms with Crippen LogP contribution in [0.25, 0.3) is 0 Å². The molecule has 0 saturated carbocycles. The highest BCUT2D eigenvalue weighted by molar-refractivity contribution is 6.35. The summed E-state index contributed by atoms with van der Waals surface area (Å²) in [6.45, 7) is -3.42. The van der Waals surface area contributed by atoms with E-state index in [0.717, 1.165) is 6.07 Å². The van der Waals surface area contributed by atoms with Gasteiger partial charge in [-0.05, 0) is 35.9 Å². The summed E-state index contributed by atoms with van der Waals surface area (Å²) in [6, 6.07) is 9.91. The fraction of sp³-hybridized carbons (Fsp3) is 0.176. The van der Waals surface area contributed by atoms with Crippen LogP contribution in [0.15, 0.2) is 42.5 Å². The van der Waals surface area contributed by atoms with Crippen molar-refractivity contribution in [2.75, 3.05) is 6.61 Å². The summed E-state index contributed by atoms with van der Waals surface area (Å²) in [7, 11) is 0. The molecule has 0 aliphatic carbocycles. The molecule has 9 heteroatoms. The van der Waals surface area contributed by atoms with E-state index >= 15 is 0 Å². The molecule has 5 nitrogen and oxygen atoms in total.